The van der Waals surface area contributed by atoms with Crippen LogP contribution in [0.3, 0.4) is 0 Å². The van der Waals surface area contributed by atoms with Gasteiger partial charge < -0.3 is 19.9 Å². The van der Waals surface area contributed by atoms with Crippen LogP contribution in [0.25, 0.3) is 0 Å². The fourth-order valence-electron chi connectivity index (χ4n) is 3.77. The molecule has 0 spiro atoms. The molecule has 27 heavy (non-hydrogen) atoms. The highest BCUT2D eigenvalue weighted by Gasteiger charge is 2.32. The molecule has 0 bridgehead atoms. The molecule has 9 nitrogen and oxygen atoms in total. The molecule has 2 heterocycles. The normalized spacial score (nSPS) is 21.3. The predicted octanol–water partition coefficient (Wildman–Crippen LogP) is 1.85. The summed E-state index contributed by atoms with van der Waals surface area (Å²) in [5.74, 6) is 0.403. The minimum atomic E-state index is -0.489. The first kappa shape index (κ1) is 19.4. The second kappa shape index (κ2) is 8.53. The third-order valence-electron chi connectivity index (χ3n) is 5.46. The van der Waals surface area contributed by atoms with Crippen molar-refractivity contribution >= 4 is 17.4 Å². The number of hydrogen-bond donors (Lipinski definition) is 1. The SMILES string of the molecule is CCN1CCN([C@@H]2CCN(C(=O)Nc3cc([N+](=O)[O-])ccc3OC)C2)CC1. The number of piperazine rings is 1. The van der Waals surface area contributed by atoms with Crippen molar-refractivity contribution < 1.29 is 14.5 Å². The van der Waals surface area contributed by atoms with E-state index in [4.69, 9.17) is 4.74 Å². The van der Waals surface area contributed by atoms with Crippen LogP contribution in [-0.2, 0) is 0 Å². The van der Waals surface area contributed by atoms with Crippen LogP contribution in [0.4, 0.5) is 16.2 Å². The third kappa shape index (κ3) is 4.48. The van der Waals surface area contributed by atoms with Crippen molar-refractivity contribution in [1.29, 1.82) is 0 Å². The molecule has 0 saturated carbocycles. The molecule has 1 aromatic rings. The largest absolute Gasteiger partial charge is 0.495 e. The Kier molecular flexibility index (Phi) is 6.12. The molecule has 148 valence electrons. The number of hydrogen-bond acceptors (Lipinski definition) is 6. The number of methoxy groups -OCH3 is 1. The number of ether oxygens (including phenoxy) is 1. The number of carbonyl (C=O) groups is 1. The van der Waals surface area contributed by atoms with Gasteiger partial charge in [0.2, 0.25) is 0 Å². The maximum absolute atomic E-state index is 12.7. The van der Waals surface area contributed by atoms with E-state index < -0.39 is 4.92 Å². The minimum absolute atomic E-state index is 0.0841. The van der Waals surface area contributed by atoms with Crippen LogP contribution in [0.2, 0.25) is 0 Å². The van der Waals surface area contributed by atoms with E-state index in [2.05, 4.69) is 22.0 Å². The smallest absolute Gasteiger partial charge is 0.322 e. The molecular formula is C18H27N5O4. The van der Waals surface area contributed by atoms with Gasteiger partial charge in [-0.2, -0.15) is 0 Å². The number of benzene rings is 1. The van der Waals surface area contributed by atoms with Crippen LogP contribution in [0.5, 0.6) is 5.75 Å². The van der Waals surface area contributed by atoms with Crippen molar-refractivity contribution in [1.82, 2.24) is 14.7 Å². The van der Waals surface area contributed by atoms with Crippen molar-refractivity contribution in [2.45, 2.75) is 19.4 Å². The molecule has 1 aromatic carbocycles. The van der Waals surface area contributed by atoms with Crippen molar-refractivity contribution in [2.75, 3.05) is 58.2 Å². The molecule has 0 unspecified atom stereocenters. The third-order valence-corrected chi connectivity index (χ3v) is 5.46. The Morgan fingerprint density at radius 1 is 1.30 bits per heavy atom. The van der Waals surface area contributed by atoms with Gasteiger partial charge in [0, 0.05) is 57.4 Å². The molecule has 0 aromatic heterocycles. The lowest BCUT2D eigenvalue weighted by molar-refractivity contribution is -0.384. The molecule has 0 radical (unpaired) electrons. The summed E-state index contributed by atoms with van der Waals surface area (Å²) in [7, 11) is 1.47. The van der Waals surface area contributed by atoms with Crippen LogP contribution in [0.1, 0.15) is 13.3 Å². The lowest BCUT2D eigenvalue weighted by Crippen LogP contribution is -2.51. The molecule has 2 aliphatic heterocycles. The summed E-state index contributed by atoms with van der Waals surface area (Å²) in [5, 5.41) is 13.8. The van der Waals surface area contributed by atoms with Crippen LogP contribution >= 0.6 is 0 Å². The number of nitro groups is 1. The van der Waals surface area contributed by atoms with E-state index in [1.54, 1.807) is 4.90 Å². The highest BCUT2D eigenvalue weighted by atomic mass is 16.6. The quantitative estimate of drug-likeness (QED) is 0.622. The van der Waals surface area contributed by atoms with Gasteiger partial charge in [-0.25, -0.2) is 4.79 Å². The second-order valence-electron chi connectivity index (χ2n) is 6.93. The standard InChI is InChI=1S/C18H27N5O4/c1-3-20-8-10-21(11-9-20)15-6-7-22(13-15)18(24)19-16-12-14(23(25)26)4-5-17(16)27-2/h4-5,12,15H,3,6-11,13H2,1-2H3,(H,19,24)/t15-/m1/s1. The first-order chi connectivity index (χ1) is 13.0. The maximum Gasteiger partial charge on any atom is 0.322 e. The molecule has 1 N–H and O–H groups in total. The van der Waals surface area contributed by atoms with Gasteiger partial charge in [-0.1, -0.05) is 6.92 Å². The number of non-ortho nitro benzene ring substituents is 1. The van der Waals surface area contributed by atoms with E-state index in [1.165, 1.54) is 25.3 Å². The Balaban J connectivity index is 1.59. The van der Waals surface area contributed by atoms with E-state index in [0.717, 1.165) is 39.1 Å². The summed E-state index contributed by atoms with van der Waals surface area (Å²) in [6.07, 6.45) is 0.950. The van der Waals surface area contributed by atoms with Crippen LogP contribution in [0.15, 0.2) is 18.2 Å². The summed E-state index contributed by atoms with van der Waals surface area (Å²) in [5.41, 5.74) is 0.232. The average Bonchev–Trinajstić information content (AvgIpc) is 3.18. The molecular weight excluding hydrogens is 350 g/mol. The number of likely N-dealkylation sites (tertiary alicyclic amines) is 1. The number of nitrogens with zero attached hydrogens (tertiary/aromatic N) is 4. The number of rotatable bonds is 5. The zero-order chi connectivity index (χ0) is 19.4. The maximum atomic E-state index is 12.7. The van der Waals surface area contributed by atoms with Gasteiger partial charge in [0.25, 0.3) is 5.69 Å². The van der Waals surface area contributed by atoms with Gasteiger partial charge in [-0.05, 0) is 19.0 Å². The zero-order valence-electron chi connectivity index (χ0n) is 15.9. The number of nitrogens with one attached hydrogen (secondary N) is 1. The van der Waals surface area contributed by atoms with E-state index >= 15 is 0 Å². The second-order valence-corrected chi connectivity index (χ2v) is 6.93. The lowest BCUT2D eigenvalue weighted by Gasteiger charge is -2.37. The van der Waals surface area contributed by atoms with Gasteiger partial charge in [0.1, 0.15) is 5.75 Å². The Labute approximate surface area is 159 Å². The summed E-state index contributed by atoms with van der Waals surface area (Å²) in [4.78, 5) is 29.8. The number of carbonyl (C=O) groups excluding carboxylic acids is 1. The molecule has 2 aliphatic rings. The summed E-state index contributed by atoms with van der Waals surface area (Å²) >= 11 is 0. The first-order valence-corrected chi connectivity index (χ1v) is 9.36. The van der Waals surface area contributed by atoms with Gasteiger partial charge in [-0.3, -0.25) is 15.0 Å². The molecule has 2 amide bonds. The van der Waals surface area contributed by atoms with E-state index in [9.17, 15) is 14.9 Å². The predicted molar refractivity (Wildman–Crippen MR) is 102 cm³/mol. The molecule has 2 fully saturated rings. The monoisotopic (exact) mass is 377 g/mol. The number of amides is 2. The van der Waals surface area contributed by atoms with Crippen molar-refractivity contribution in [3.63, 3.8) is 0 Å². The Hall–Kier alpha value is -2.39. The van der Waals surface area contributed by atoms with E-state index in [1.807, 2.05) is 0 Å². The molecule has 2 saturated heterocycles. The van der Waals surface area contributed by atoms with E-state index in [0.29, 0.717) is 30.6 Å². The lowest BCUT2D eigenvalue weighted by atomic mass is 10.2. The fraction of sp³-hybridized carbons (Fsp3) is 0.611. The number of nitro benzene ring substituents is 1. The zero-order valence-corrected chi connectivity index (χ0v) is 15.9. The van der Waals surface area contributed by atoms with Crippen LogP contribution in [-0.4, -0.2) is 84.6 Å². The summed E-state index contributed by atoms with van der Waals surface area (Å²) in [6.45, 7) is 8.84. The average molecular weight is 377 g/mol. The highest BCUT2D eigenvalue weighted by Crippen LogP contribution is 2.29. The fourth-order valence-corrected chi connectivity index (χ4v) is 3.77. The van der Waals surface area contributed by atoms with Crippen molar-refractivity contribution in [3.05, 3.63) is 28.3 Å². The molecule has 0 aliphatic carbocycles. The summed E-state index contributed by atoms with van der Waals surface area (Å²) < 4.78 is 5.21. The number of likely N-dealkylation sites (N-methyl/N-ethyl adjacent to an activating group) is 1. The van der Waals surface area contributed by atoms with Gasteiger partial charge in [-0.15, -0.1) is 0 Å². The Bertz CT molecular complexity index is 690. The van der Waals surface area contributed by atoms with E-state index in [-0.39, 0.29) is 11.7 Å². The molecule has 9 heteroatoms. The topological polar surface area (TPSA) is 91.2 Å². The molecule has 1 atom stereocenters. The Morgan fingerprint density at radius 3 is 2.67 bits per heavy atom. The van der Waals surface area contributed by atoms with Crippen LogP contribution in [0, 0.1) is 10.1 Å². The number of urea groups is 1. The van der Waals surface area contributed by atoms with Crippen molar-refractivity contribution in [2.24, 2.45) is 0 Å². The first-order valence-electron chi connectivity index (χ1n) is 9.36. The van der Waals surface area contributed by atoms with Crippen LogP contribution < -0.4 is 10.1 Å². The van der Waals surface area contributed by atoms with Crippen molar-refractivity contribution in [3.8, 4) is 5.75 Å². The highest BCUT2D eigenvalue weighted by molar-refractivity contribution is 5.91. The summed E-state index contributed by atoms with van der Waals surface area (Å²) in [6, 6.07) is 4.31. The Morgan fingerprint density at radius 2 is 2.04 bits per heavy atom. The molecule has 3 rings (SSSR count). The minimum Gasteiger partial charge on any atom is -0.495 e. The van der Waals surface area contributed by atoms with Gasteiger partial charge in [0.15, 0.2) is 0 Å². The van der Waals surface area contributed by atoms with Gasteiger partial charge in [0.05, 0.1) is 17.7 Å². The number of anilines is 1. The van der Waals surface area contributed by atoms with Gasteiger partial charge >= 0.3 is 6.03 Å².